The Bertz CT molecular complexity index is 1140. The van der Waals surface area contributed by atoms with Gasteiger partial charge in [0.25, 0.3) is 0 Å². The van der Waals surface area contributed by atoms with Crippen LogP contribution in [0.4, 0.5) is 5.69 Å². The van der Waals surface area contributed by atoms with Gasteiger partial charge >= 0.3 is 0 Å². The first-order valence-corrected chi connectivity index (χ1v) is 12.4. The van der Waals surface area contributed by atoms with Gasteiger partial charge in [0.1, 0.15) is 6.04 Å². The Labute approximate surface area is 206 Å². The highest BCUT2D eigenvalue weighted by atomic mass is 16.3. The lowest BCUT2D eigenvalue weighted by molar-refractivity contribution is -0.143. The predicted octanol–water partition coefficient (Wildman–Crippen LogP) is 3.20. The molecule has 0 aromatic heterocycles. The SMILES string of the molecule is CC[C@@H]1C=C[C@H]2[C@@H](C(=O)N([C@@H](CO)C(C)C)[C@@H]2C(=O)Nc2ccc3ccccc3c2)[C@@H]1C(=O)NC. The van der Waals surface area contributed by atoms with E-state index in [1.54, 1.807) is 11.9 Å². The summed E-state index contributed by atoms with van der Waals surface area (Å²) >= 11 is 0. The van der Waals surface area contributed by atoms with Crippen LogP contribution in [0.1, 0.15) is 27.2 Å². The number of nitrogens with zero attached hydrogens (tertiary/aromatic N) is 1. The van der Waals surface area contributed by atoms with Crippen molar-refractivity contribution in [2.24, 2.45) is 29.6 Å². The Balaban J connectivity index is 1.74. The van der Waals surface area contributed by atoms with Crippen LogP contribution >= 0.6 is 0 Å². The highest BCUT2D eigenvalue weighted by Crippen LogP contribution is 2.46. The third-order valence-corrected chi connectivity index (χ3v) is 7.67. The molecule has 6 atom stereocenters. The fourth-order valence-corrected chi connectivity index (χ4v) is 5.82. The highest BCUT2D eigenvalue weighted by molar-refractivity contribution is 6.03. The molecule has 186 valence electrons. The molecule has 1 heterocycles. The molecule has 1 fully saturated rings. The van der Waals surface area contributed by atoms with E-state index in [-0.39, 0.29) is 36.2 Å². The number of hydrogen-bond donors (Lipinski definition) is 3. The zero-order valence-corrected chi connectivity index (χ0v) is 20.8. The molecule has 2 aliphatic rings. The average molecular weight is 478 g/mol. The van der Waals surface area contributed by atoms with Gasteiger partial charge in [-0.1, -0.05) is 63.3 Å². The summed E-state index contributed by atoms with van der Waals surface area (Å²) in [5.41, 5.74) is 0.642. The normalized spacial score (nSPS) is 26.6. The van der Waals surface area contributed by atoms with E-state index in [0.29, 0.717) is 12.1 Å². The molecule has 1 saturated heterocycles. The minimum absolute atomic E-state index is 0.0653. The van der Waals surface area contributed by atoms with E-state index in [9.17, 15) is 19.5 Å². The molecule has 1 aliphatic heterocycles. The minimum Gasteiger partial charge on any atom is -0.394 e. The first-order valence-electron chi connectivity index (χ1n) is 12.4. The van der Waals surface area contributed by atoms with Crippen LogP contribution in [0.25, 0.3) is 10.8 Å². The lowest BCUT2D eigenvalue weighted by Gasteiger charge is -2.35. The zero-order valence-electron chi connectivity index (χ0n) is 20.8. The Hall–Kier alpha value is -3.19. The smallest absolute Gasteiger partial charge is 0.247 e. The van der Waals surface area contributed by atoms with Gasteiger partial charge in [0.15, 0.2) is 0 Å². The fourth-order valence-electron chi connectivity index (χ4n) is 5.82. The van der Waals surface area contributed by atoms with E-state index in [2.05, 4.69) is 10.6 Å². The second-order valence-electron chi connectivity index (χ2n) is 9.94. The highest BCUT2D eigenvalue weighted by Gasteiger charge is 2.58. The van der Waals surface area contributed by atoms with Gasteiger partial charge in [0, 0.05) is 18.7 Å². The topological polar surface area (TPSA) is 98.7 Å². The first-order chi connectivity index (χ1) is 16.8. The lowest BCUT2D eigenvalue weighted by atomic mass is 9.69. The third kappa shape index (κ3) is 4.45. The number of fused-ring (bicyclic) bond motifs is 2. The summed E-state index contributed by atoms with van der Waals surface area (Å²) in [7, 11) is 1.58. The van der Waals surface area contributed by atoms with Crippen LogP contribution < -0.4 is 10.6 Å². The maximum Gasteiger partial charge on any atom is 0.247 e. The number of hydrogen-bond acceptors (Lipinski definition) is 4. The maximum atomic E-state index is 13.9. The van der Waals surface area contributed by atoms with Gasteiger partial charge in [0.05, 0.1) is 24.5 Å². The summed E-state index contributed by atoms with van der Waals surface area (Å²) in [6.45, 7) is 5.59. The minimum atomic E-state index is -0.820. The lowest BCUT2D eigenvalue weighted by Crippen LogP contribution is -2.52. The first kappa shape index (κ1) is 24.9. The molecule has 1 aliphatic carbocycles. The second kappa shape index (κ2) is 10.2. The Morgan fingerprint density at radius 3 is 2.40 bits per heavy atom. The van der Waals surface area contributed by atoms with Gasteiger partial charge in [0.2, 0.25) is 17.7 Å². The van der Waals surface area contributed by atoms with Crippen LogP contribution in [0.3, 0.4) is 0 Å². The van der Waals surface area contributed by atoms with E-state index >= 15 is 0 Å². The summed E-state index contributed by atoms with van der Waals surface area (Å²) in [6, 6.07) is 12.3. The van der Waals surface area contributed by atoms with Crippen molar-refractivity contribution in [3.8, 4) is 0 Å². The van der Waals surface area contributed by atoms with Crippen LogP contribution in [-0.4, -0.2) is 53.5 Å². The number of carbonyl (C=O) groups excluding carboxylic acids is 3. The molecule has 0 saturated carbocycles. The van der Waals surface area contributed by atoms with Crippen molar-refractivity contribution in [2.75, 3.05) is 19.0 Å². The number of allylic oxidation sites excluding steroid dienone is 1. The summed E-state index contributed by atoms with van der Waals surface area (Å²) < 4.78 is 0. The van der Waals surface area contributed by atoms with Gasteiger partial charge in [-0.3, -0.25) is 14.4 Å². The molecule has 0 radical (unpaired) electrons. The molecular formula is C28H35N3O4. The van der Waals surface area contributed by atoms with Crippen molar-refractivity contribution >= 4 is 34.2 Å². The Morgan fingerprint density at radius 2 is 1.77 bits per heavy atom. The standard InChI is InChI=1S/C28H35N3O4/c1-5-17-11-13-21-24(23(17)26(33)29-4)28(35)31(22(15-32)16(2)3)25(21)27(34)30-20-12-10-18-8-6-7-9-19(18)14-20/h6-14,16-17,21-25,32H,5,15H2,1-4H3,(H,29,33)(H,30,34)/t17-,21+,22+,23-,24-,25+/m1/s1. The number of anilines is 1. The number of rotatable bonds is 7. The van der Waals surface area contributed by atoms with Gasteiger partial charge in [-0.25, -0.2) is 0 Å². The second-order valence-corrected chi connectivity index (χ2v) is 9.94. The summed E-state index contributed by atoms with van der Waals surface area (Å²) in [4.78, 5) is 42.2. The summed E-state index contributed by atoms with van der Waals surface area (Å²) in [5.74, 6) is -2.55. The largest absolute Gasteiger partial charge is 0.394 e. The van der Waals surface area contributed by atoms with E-state index < -0.39 is 29.8 Å². The van der Waals surface area contributed by atoms with Crippen LogP contribution in [0, 0.1) is 29.6 Å². The van der Waals surface area contributed by atoms with Crippen LogP contribution in [0.2, 0.25) is 0 Å². The number of aliphatic hydroxyl groups excluding tert-OH is 1. The van der Waals surface area contributed by atoms with Gasteiger partial charge < -0.3 is 20.6 Å². The van der Waals surface area contributed by atoms with Gasteiger partial charge in [-0.15, -0.1) is 0 Å². The van der Waals surface area contributed by atoms with E-state index in [1.165, 1.54) is 0 Å². The predicted molar refractivity (Wildman–Crippen MR) is 136 cm³/mol. The molecular weight excluding hydrogens is 442 g/mol. The van der Waals surface area contributed by atoms with Crippen molar-refractivity contribution in [3.63, 3.8) is 0 Å². The molecule has 0 spiro atoms. The quantitative estimate of drug-likeness (QED) is 0.534. The Morgan fingerprint density at radius 1 is 1.06 bits per heavy atom. The molecule has 2 aromatic rings. The molecule has 7 nitrogen and oxygen atoms in total. The number of nitrogens with one attached hydrogen (secondary N) is 2. The summed E-state index contributed by atoms with van der Waals surface area (Å²) in [5, 5.41) is 18.0. The molecule has 0 unspecified atom stereocenters. The molecule has 2 aromatic carbocycles. The molecule has 4 rings (SSSR count). The van der Waals surface area contributed by atoms with Crippen molar-refractivity contribution in [2.45, 2.75) is 39.3 Å². The van der Waals surface area contributed by atoms with Crippen molar-refractivity contribution in [3.05, 3.63) is 54.6 Å². The van der Waals surface area contributed by atoms with E-state index in [1.807, 2.05) is 75.4 Å². The zero-order chi connectivity index (χ0) is 25.3. The number of amides is 3. The van der Waals surface area contributed by atoms with Crippen molar-refractivity contribution in [1.29, 1.82) is 0 Å². The van der Waals surface area contributed by atoms with Crippen LogP contribution in [-0.2, 0) is 14.4 Å². The molecule has 0 bridgehead atoms. The monoisotopic (exact) mass is 477 g/mol. The third-order valence-electron chi connectivity index (χ3n) is 7.67. The van der Waals surface area contributed by atoms with Crippen molar-refractivity contribution in [1.82, 2.24) is 10.2 Å². The summed E-state index contributed by atoms with van der Waals surface area (Å²) in [6.07, 6.45) is 4.64. The number of aliphatic hydroxyl groups is 1. The molecule has 7 heteroatoms. The van der Waals surface area contributed by atoms with Crippen LogP contribution in [0.5, 0.6) is 0 Å². The molecule has 3 N–H and O–H groups in total. The van der Waals surface area contributed by atoms with E-state index in [0.717, 1.165) is 10.8 Å². The van der Waals surface area contributed by atoms with Crippen molar-refractivity contribution < 1.29 is 19.5 Å². The van der Waals surface area contributed by atoms with Gasteiger partial charge in [-0.05, 0) is 41.2 Å². The Kier molecular flexibility index (Phi) is 7.26. The molecule has 3 amide bonds. The number of likely N-dealkylation sites (tertiary alicyclic amines) is 1. The molecule has 35 heavy (non-hydrogen) atoms. The van der Waals surface area contributed by atoms with Crippen LogP contribution in [0.15, 0.2) is 54.6 Å². The average Bonchev–Trinajstić information content (AvgIpc) is 3.15. The number of benzene rings is 2. The number of carbonyl (C=O) groups is 3. The maximum absolute atomic E-state index is 13.9. The van der Waals surface area contributed by atoms with E-state index in [4.69, 9.17) is 0 Å². The fraction of sp³-hybridized carbons (Fsp3) is 0.464. The van der Waals surface area contributed by atoms with Gasteiger partial charge in [-0.2, -0.15) is 0 Å².